The van der Waals surface area contributed by atoms with Gasteiger partial charge in [-0.15, -0.1) is 0 Å². The molecule has 0 bridgehead atoms. The van der Waals surface area contributed by atoms with Gasteiger partial charge < -0.3 is 24.8 Å². The van der Waals surface area contributed by atoms with Crippen LogP contribution in [-0.2, 0) is 22.7 Å². The van der Waals surface area contributed by atoms with Crippen LogP contribution in [0.15, 0.2) is 63.6 Å². The Morgan fingerprint density at radius 3 is 2.40 bits per heavy atom. The number of likely N-dealkylation sites (tertiary alicyclic amines) is 2. The van der Waals surface area contributed by atoms with Crippen LogP contribution in [0.3, 0.4) is 0 Å². The smallest absolute Gasteiger partial charge is 0.234 e. The van der Waals surface area contributed by atoms with Crippen molar-refractivity contribution < 1.29 is 34.4 Å². The van der Waals surface area contributed by atoms with Gasteiger partial charge in [0, 0.05) is 31.6 Å². The second-order valence-electron chi connectivity index (χ2n) is 12.1. The summed E-state index contributed by atoms with van der Waals surface area (Å²) in [5, 5.41) is 41.5. The maximum absolute atomic E-state index is 13.9. The minimum atomic E-state index is -0.974. The van der Waals surface area contributed by atoms with E-state index in [9.17, 15) is 30.0 Å². The highest BCUT2D eigenvalue weighted by atomic mass is 16.4. The summed E-state index contributed by atoms with van der Waals surface area (Å²) < 4.78 is 5.58. The van der Waals surface area contributed by atoms with Gasteiger partial charge in [-0.05, 0) is 73.4 Å². The largest absolute Gasteiger partial charge is 0.459 e. The van der Waals surface area contributed by atoms with Gasteiger partial charge in [-0.3, -0.25) is 19.4 Å². The predicted octanol–water partition coefficient (Wildman–Crippen LogP) is 3.27. The van der Waals surface area contributed by atoms with Crippen molar-refractivity contribution >= 4 is 17.9 Å². The highest BCUT2D eigenvalue weighted by Crippen LogP contribution is 2.47. The van der Waals surface area contributed by atoms with Gasteiger partial charge in [0.15, 0.2) is 0 Å². The van der Waals surface area contributed by atoms with Gasteiger partial charge in [0.1, 0.15) is 18.1 Å². The highest BCUT2D eigenvalue weighted by Gasteiger charge is 2.56. The van der Waals surface area contributed by atoms with E-state index in [1.165, 1.54) is 10.5 Å². The molecular weight excluding hydrogens is 548 g/mol. The van der Waals surface area contributed by atoms with Gasteiger partial charge in [0.2, 0.25) is 11.8 Å². The first-order valence-electron chi connectivity index (χ1n) is 15.5. The molecule has 4 atom stereocenters. The number of nitrogens with zero attached hydrogens (tertiary/aromatic N) is 2. The molecule has 2 aliphatic heterocycles. The van der Waals surface area contributed by atoms with Crippen LogP contribution < -0.4 is 0 Å². The predicted molar refractivity (Wildman–Crippen MR) is 161 cm³/mol. The molecule has 0 unspecified atom stereocenters. The van der Waals surface area contributed by atoms with E-state index >= 15 is 0 Å². The zero-order valence-electron chi connectivity index (χ0n) is 24.9. The Hall–Kier alpha value is -3.08. The Balaban J connectivity index is 1.27. The fraction of sp³-hybridized carbons (Fsp3) is 0.529. The van der Waals surface area contributed by atoms with Crippen LogP contribution in [0.25, 0.3) is 6.08 Å². The van der Waals surface area contributed by atoms with Crippen molar-refractivity contribution in [1.82, 2.24) is 9.80 Å². The number of carbonyl (C=O) groups is 2. The first-order chi connectivity index (χ1) is 20.9. The number of piperidine rings is 1. The number of aliphatic hydroxyl groups is 4. The lowest BCUT2D eigenvalue weighted by atomic mass is 9.68. The lowest BCUT2D eigenvalue weighted by Crippen LogP contribution is -2.47. The molecule has 9 heteroatoms. The number of fused-ring (bicyclic) bond motifs is 1. The molecule has 9 nitrogen and oxygen atoms in total. The molecule has 2 saturated heterocycles. The average molecular weight is 593 g/mol. The van der Waals surface area contributed by atoms with Crippen LogP contribution >= 0.6 is 0 Å². The van der Waals surface area contributed by atoms with E-state index in [0.717, 1.165) is 31.6 Å². The van der Waals surface area contributed by atoms with Crippen LogP contribution in [0.5, 0.6) is 0 Å². The molecule has 1 aromatic carbocycles. The molecule has 5 rings (SSSR count). The topological polar surface area (TPSA) is 135 Å². The molecule has 3 heterocycles. The molecule has 43 heavy (non-hydrogen) atoms. The minimum absolute atomic E-state index is 0.178. The molecule has 1 aromatic heterocycles. The Labute approximate surface area is 253 Å². The van der Waals surface area contributed by atoms with Gasteiger partial charge in [-0.2, -0.15) is 0 Å². The summed E-state index contributed by atoms with van der Waals surface area (Å²) in [6.45, 7) is 3.52. The fourth-order valence-electron chi connectivity index (χ4n) is 7.25. The van der Waals surface area contributed by atoms with E-state index in [-0.39, 0.29) is 44.1 Å². The molecule has 3 aliphatic rings. The van der Waals surface area contributed by atoms with Crippen LogP contribution in [0.1, 0.15) is 62.5 Å². The Bertz CT molecular complexity index is 1330. The third-order valence-electron chi connectivity index (χ3n) is 9.51. The van der Waals surface area contributed by atoms with Crippen molar-refractivity contribution in [1.29, 1.82) is 0 Å². The van der Waals surface area contributed by atoms with E-state index < -0.39 is 23.9 Å². The van der Waals surface area contributed by atoms with Crippen LogP contribution in [0.4, 0.5) is 0 Å². The summed E-state index contributed by atoms with van der Waals surface area (Å²) in [6.07, 6.45) is 4.15. The van der Waals surface area contributed by atoms with Gasteiger partial charge in [-0.1, -0.05) is 42.8 Å². The Morgan fingerprint density at radius 2 is 1.77 bits per heavy atom. The monoisotopic (exact) mass is 592 g/mol. The van der Waals surface area contributed by atoms with Crippen LogP contribution in [-0.4, -0.2) is 80.5 Å². The SMILES string of the molecule is CC/C(=C\c1ccc(CO)o1)CC[C@@H](O)C1=C(CO)C[C@H]2C(=O)N(C3CCN(Cc4ccccc4)CC3)C(=O)[C@H]2[C@H]1CO. The summed E-state index contributed by atoms with van der Waals surface area (Å²) in [5.74, 6) is -1.46. The Morgan fingerprint density at radius 1 is 1.02 bits per heavy atom. The van der Waals surface area contributed by atoms with Crippen LogP contribution in [0.2, 0.25) is 0 Å². The van der Waals surface area contributed by atoms with Gasteiger partial charge >= 0.3 is 0 Å². The van der Waals surface area contributed by atoms with Crippen molar-refractivity contribution in [2.45, 2.75) is 70.7 Å². The number of imide groups is 1. The number of rotatable bonds is 12. The fourth-order valence-corrected chi connectivity index (χ4v) is 7.25. The van der Waals surface area contributed by atoms with E-state index in [1.807, 2.05) is 31.2 Å². The van der Waals surface area contributed by atoms with E-state index in [0.29, 0.717) is 48.3 Å². The molecule has 4 N–H and O–H groups in total. The van der Waals surface area contributed by atoms with E-state index in [4.69, 9.17) is 4.42 Å². The lowest BCUT2D eigenvalue weighted by Gasteiger charge is -2.36. The molecule has 2 aromatic rings. The first-order valence-corrected chi connectivity index (χ1v) is 15.5. The molecule has 2 fully saturated rings. The number of aliphatic hydroxyl groups excluding tert-OH is 4. The zero-order valence-corrected chi connectivity index (χ0v) is 24.9. The van der Waals surface area contributed by atoms with Crippen molar-refractivity contribution in [3.8, 4) is 0 Å². The van der Waals surface area contributed by atoms with Crippen LogP contribution in [0, 0.1) is 17.8 Å². The number of benzene rings is 1. The van der Waals surface area contributed by atoms with Crippen molar-refractivity contribution in [3.05, 3.63) is 76.3 Å². The molecule has 0 spiro atoms. The normalized spacial score (nSPS) is 24.6. The van der Waals surface area contributed by atoms with Gasteiger partial charge in [0.25, 0.3) is 0 Å². The number of hydrogen-bond acceptors (Lipinski definition) is 8. The van der Waals surface area contributed by atoms with Crippen molar-refractivity contribution in [3.63, 3.8) is 0 Å². The number of hydrogen-bond donors (Lipinski definition) is 4. The first kappa shape index (κ1) is 31.3. The molecule has 0 radical (unpaired) electrons. The quantitative estimate of drug-likeness (QED) is 0.218. The van der Waals surface area contributed by atoms with Crippen molar-refractivity contribution in [2.24, 2.45) is 17.8 Å². The Kier molecular flexibility index (Phi) is 10.3. The van der Waals surface area contributed by atoms with Gasteiger partial charge in [-0.25, -0.2) is 0 Å². The average Bonchev–Trinajstić information content (AvgIpc) is 3.60. The summed E-state index contributed by atoms with van der Waals surface area (Å²) in [7, 11) is 0. The summed E-state index contributed by atoms with van der Waals surface area (Å²) >= 11 is 0. The molecule has 1 aliphatic carbocycles. The second kappa shape index (κ2) is 14.1. The minimum Gasteiger partial charge on any atom is -0.459 e. The summed E-state index contributed by atoms with van der Waals surface area (Å²) in [6, 6.07) is 13.6. The number of amides is 2. The third kappa shape index (κ3) is 6.71. The van der Waals surface area contributed by atoms with E-state index in [2.05, 4.69) is 17.0 Å². The maximum Gasteiger partial charge on any atom is 0.234 e. The summed E-state index contributed by atoms with van der Waals surface area (Å²) in [5.41, 5.74) is 3.32. The zero-order chi connectivity index (χ0) is 30.5. The molecule has 2 amide bonds. The highest BCUT2D eigenvalue weighted by molar-refractivity contribution is 6.06. The molecule has 232 valence electrons. The number of allylic oxidation sites excluding steroid dienone is 1. The summed E-state index contributed by atoms with van der Waals surface area (Å²) in [4.78, 5) is 31.3. The molecular formula is C34H44N2O7. The number of furan rings is 1. The maximum atomic E-state index is 13.9. The number of carbonyl (C=O) groups excluding carboxylic acids is 2. The third-order valence-corrected chi connectivity index (χ3v) is 9.51. The standard InChI is InChI=1S/C34H44N2O7/c1-2-22(16-26-9-10-27(20-38)43-26)8-11-30(40)31-24(19-37)17-28-32(29(31)21-39)34(42)36(33(28)41)25-12-14-35(15-13-25)18-23-6-4-3-5-7-23/h3-7,9-10,16,25,28-30,32,37-40H,2,8,11-15,17-21H2,1H3/b22-16+/t28-,29+,30-,32-/m1/s1. The lowest BCUT2D eigenvalue weighted by molar-refractivity contribution is -0.144. The van der Waals surface area contributed by atoms with Gasteiger partial charge in [0.05, 0.1) is 31.2 Å². The van der Waals surface area contributed by atoms with E-state index in [1.54, 1.807) is 12.1 Å². The second-order valence-corrected chi connectivity index (χ2v) is 12.1. The molecule has 0 saturated carbocycles. The van der Waals surface area contributed by atoms with Crippen molar-refractivity contribution in [2.75, 3.05) is 26.3 Å².